The van der Waals surface area contributed by atoms with Crippen LogP contribution in [-0.4, -0.2) is 18.2 Å². The molecule has 1 aliphatic carbocycles. The van der Waals surface area contributed by atoms with E-state index in [0.717, 1.165) is 22.9 Å². The Morgan fingerprint density at radius 1 is 1.08 bits per heavy atom. The number of fused-ring (bicyclic) bond motifs is 2. The first-order valence-corrected chi connectivity index (χ1v) is 9.23. The lowest BCUT2D eigenvalue weighted by molar-refractivity contribution is 0.391. The van der Waals surface area contributed by atoms with Gasteiger partial charge in [-0.05, 0) is 67.5 Å². The van der Waals surface area contributed by atoms with E-state index in [4.69, 9.17) is 10.5 Å². The summed E-state index contributed by atoms with van der Waals surface area (Å²) in [4.78, 5) is 0. The van der Waals surface area contributed by atoms with Crippen LogP contribution in [0.1, 0.15) is 29.5 Å². The summed E-state index contributed by atoms with van der Waals surface area (Å²) in [7, 11) is 3.41. The van der Waals surface area contributed by atoms with Gasteiger partial charge in [-0.3, -0.25) is 0 Å². The minimum atomic E-state index is -0.334. The summed E-state index contributed by atoms with van der Waals surface area (Å²) in [6, 6.07) is 12.0. The number of hydrogen-bond donors (Lipinski definition) is 1. The van der Waals surface area contributed by atoms with Crippen LogP contribution in [0.2, 0.25) is 0 Å². The zero-order valence-corrected chi connectivity index (χ0v) is 15.6. The molecule has 1 aliphatic rings. The van der Waals surface area contributed by atoms with Gasteiger partial charge in [0.25, 0.3) is 0 Å². The molecule has 1 heterocycles. The molecule has 0 spiro atoms. The van der Waals surface area contributed by atoms with Crippen LogP contribution in [0, 0.1) is 5.82 Å². The molecule has 4 heteroatoms. The summed E-state index contributed by atoms with van der Waals surface area (Å²) in [5, 5.41) is 0.829. The number of nitrogens with two attached hydrogens (primary N) is 1. The summed E-state index contributed by atoms with van der Waals surface area (Å²) >= 11 is 0. The van der Waals surface area contributed by atoms with Crippen LogP contribution in [0.4, 0.5) is 4.39 Å². The number of methoxy groups -OCH3 is 1. The molecule has 0 unspecified atom stereocenters. The first-order chi connectivity index (χ1) is 12.7. The average Bonchev–Trinajstić information content (AvgIpc) is 2.98. The third-order valence-corrected chi connectivity index (χ3v) is 5.02. The van der Waals surface area contributed by atoms with E-state index in [2.05, 4.69) is 24.3 Å². The molecule has 0 radical (unpaired) electrons. The lowest BCUT2D eigenvalue weighted by Crippen LogP contribution is -2.02. The van der Waals surface area contributed by atoms with Gasteiger partial charge in [-0.15, -0.1) is 0 Å². The van der Waals surface area contributed by atoms with Crippen molar-refractivity contribution in [3.8, 4) is 5.75 Å². The third kappa shape index (κ3) is 3.75. The highest BCUT2D eigenvalue weighted by molar-refractivity contribution is 5.90. The van der Waals surface area contributed by atoms with E-state index < -0.39 is 0 Å². The highest BCUT2D eigenvalue weighted by Crippen LogP contribution is 2.32. The van der Waals surface area contributed by atoms with Crippen molar-refractivity contribution in [2.75, 3.05) is 13.7 Å². The summed E-state index contributed by atoms with van der Waals surface area (Å²) in [6.07, 6.45) is 8.07. The Hall–Kier alpha value is -2.33. The van der Waals surface area contributed by atoms with Gasteiger partial charge in [0.05, 0.1) is 12.6 Å². The van der Waals surface area contributed by atoms with Crippen LogP contribution in [0.3, 0.4) is 0 Å². The van der Waals surface area contributed by atoms with Crippen LogP contribution in [-0.2, 0) is 26.3 Å². The fraction of sp³-hybridized carbons (Fsp3) is 0.364. The van der Waals surface area contributed by atoms with Crippen molar-refractivity contribution >= 4 is 10.9 Å². The lowest BCUT2D eigenvalue weighted by Gasteiger charge is -2.13. The fourth-order valence-corrected chi connectivity index (χ4v) is 3.74. The van der Waals surface area contributed by atoms with Crippen LogP contribution >= 0.6 is 0 Å². The predicted molar refractivity (Wildman–Crippen MR) is 105 cm³/mol. The Morgan fingerprint density at radius 2 is 1.73 bits per heavy atom. The molecule has 0 saturated heterocycles. The minimum Gasteiger partial charge on any atom is -0.493 e. The number of aromatic nitrogens is 1. The predicted octanol–water partition coefficient (Wildman–Crippen LogP) is 4.39. The highest BCUT2D eigenvalue weighted by Gasteiger charge is 2.14. The van der Waals surface area contributed by atoms with E-state index in [0.29, 0.717) is 12.3 Å². The zero-order chi connectivity index (χ0) is 18.5. The number of benzene rings is 2. The molecule has 0 aliphatic heterocycles. The molecule has 4 rings (SSSR count). The Labute approximate surface area is 154 Å². The van der Waals surface area contributed by atoms with E-state index in [-0.39, 0.29) is 5.82 Å². The second-order valence-electron chi connectivity index (χ2n) is 6.75. The van der Waals surface area contributed by atoms with Gasteiger partial charge >= 0.3 is 0 Å². The number of nitrogens with zero attached hydrogens (tertiary/aromatic N) is 1. The van der Waals surface area contributed by atoms with Crippen molar-refractivity contribution in [2.45, 2.75) is 32.1 Å². The molecule has 0 saturated carbocycles. The van der Waals surface area contributed by atoms with Crippen molar-refractivity contribution in [2.24, 2.45) is 12.8 Å². The number of hydrogen-bond acceptors (Lipinski definition) is 2. The van der Waals surface area contributed by atoms with Gasteiger partial charge in [-0.1, -0.05) is 24.3 Å². The maximum atomic E-state index is 13.6. The summed E-state index contributed by atoms with van der Waals surface area (Å²) in [5.74, 6) is -0.0268. The van der Waals surface area contributed by atoms with Gasteiger partial charge in [0, 0.05) is 18.6 Å². The second-order valence-corrected chi connectivity index (χ2v) is 6.75. The summed E-state index contributed by atoms with van der Waals surface area (Å²) in [5.41, 5.74) is 10.7. The molecule has 0 atom stereocenters. The SMILES string of the molecule is COc1c(F)ccc2c1c(CCN)cn2C.c1ccc2c(c1)CCCC2. The minimum absolute atomic E-state index is 0.307. The molecule has 0 amide bonds. The molecule has 138 valence electrons. The Bertz CT molecular complexity index is 860. The van der Waals surface area contributed by atoms with Gasteiger partial charge in [0.2, 0.25) is 0 Å². The maximum absolute atomic E-state index is 13.6. The average molecular weight is 354 g/mol. The van der Waals surface area contributed by atoms with Crippen LogP contribution < -0.4 is 10.5 Å². The van der Waals surface area contributed by atoms with Gasteiger partial charge in [0.15, 0.2) is 11.6 Å². The monoisotopic (exact) mass is 354 g/mol. The third-order valence-electron chi connectivity index (χ3n) is 5.02. The Morgan fingerprint density at radius 3 is 2.31 bits per heavy atom. The smallest absolute Gasteiger partial charge is 0.165 e. The van der Waals surface area contributed by atoms with Crippen molar-refractivity contribution in [3.05, 3.63) is 65.1 Å². The molecule has 26 heavy (non-hydrogen) atoms. The normalized spacial score (nSPS) is 13.1. The number of rotatable bonds is 3. The number of aryl methyl sites for hydroxylation is 3. The van der Waals surface area contributed by atoms with Crippen molar-refractivity contribution < 1.29 is 9.13 Å². The van der Waals surface area contributed by atoms with Crippen LogP contribution in [0.5, 0.6) is 5.75 Å². The molecule has 3 aromatic rings. The van der Waals surface area contributed by atoms with Gasteiger partial charge in [-0.2, -0.15) is 0 Å². The largest absolute Gasteiger partial charge is 0.493 e. The first-order valence-electron chi connectivity index (χ1n) is 9.23. The first kappa shape index (κ1) is 18.5. The molecule has 0 bridgehead atoms. The van der Waals surface area contributed by atoms with E-state index in [1.807, 2.05) is 17.8 Å². The van der Waals surface area contributed by atoms with E-state index in [9.17, 15) is 4.39 Å². The maximum Gasteiger partial charge on any atom is 0.165 e. The number of halogens is 1. The van der Waals surface area contributed by atoms with Crippen molar-refractivity contribution in [1.29, 1.82) is 0 Å². The van der Waals surface area contributed by atoms with Gasteiger partial charge in [-0.25, -0.2) is 4.39 Å². The molecular formula is C22H27FN2O. The van der Waals surface area contributed by atoms with E-state index in [1.165, 1.54) is 38.9 Å². The van der Waals surface area contributed by atoms with Gasteiger partial charge < -0.3 is 15.0 Å². The molecule has 2 N–H and O–H groups in total. The molecular weight excluding hydrogens is 327 g/mol. The Balaban J connectivity index is 0.000000167. The molecule has 1 aromatic heterocycles. The van der Waals surface area contributed by atoms with E-state index in [1.54, 1.807) is 17.2 Å². The number of ether oxygens (including phenoxy) is 1. The molecule has 0 fully saturated rings. The second kappa shape index (κ2) is 8.37. The fourth-order valence-electron chi connectivity index (χ4n) is 3.74. The molecule has 2 aromatic carbocycles. The van der Waals surface area contributed by atoms with Crippen molar-refractivity contribution in [1.82, 2.24) is 4.57 Å². The van der Waals surface area contributed by atoms with Gasteiger partial charge in [0.1, 0.15) is 0 Å². The Kier molecular flexibility index (Phi) is 5.94. The van der Waals surface area contributed by atoms with Crippen LogP contribution in [0.25, 0.3) is 10.9 Å². The van der Waals surface area contributed by atoms with E-state index >= 15 is 0 Å². The highest BCUT2D eigenvalue weighted by atomic mass is 19.1. The zero-order valence-electron chi connectivity index (χ0n) is 15.6. The van der Waals surface area contributed by atoms with Crippen molar-refractivity contribution in [3.63, 3.8) is 0 Å². The quantitative estimate of drug-likeness (QED) is 0.758. The summed E-state index contributed by atoms with van der Waals surface area (Å²) in [6.45, 7) is 0.540. The lowest BCUT2D eigenvalue weighted by atomic mass is 9.92. The molecule has 3 nitrogen and oxygen atoms in total. The van der Waals surface area contributed by atoms with Crippen LogP contribution in [0.15, 0.2) is 42.6 Å². The standard InChI is InChI=1S/C12H15FN2O.C10H12/c1-15-7-8(5-6-14)11-10(15)4-3-9(13)12(11)16-2;1-2-6-10-8-4-3-7-9(10)5-1/h3-4,7H,5-6,14H2,1-2H3;1-2,5-6H,3-4,7-8H2. The summed E-state index contributed by atoms with van der Waals surface area (Å²) < 4.78 is 20.7. The topological polar surface area (TPSA) is 40.2 Å².